The van der Waals surface area contributed by atoms with Crippen LogP contribution >= 0.6 is 0 Å². The lowest BCUT2D eigenvalue weighted by Crippen LogP contribution is -2.21. The molecule has 1 aromatic heterocycles. The predicted molar refractivity (Wildman–Crippen MR) is 96.0 cm³/mol. The molecule has 0 aliphatic rings. The van der Waals surface area contributed by atoms with Gasteiger partial charge >= 0.3 is 12.2 Å². The lowest BCUT2D eigenvalue weighted by Gasteiger charge is -2.26. The average molecular weight is 367 g/mol. The smallest absolute Gasteiger partial charge is 0.421 e. The van der Waals surface area contributed by atoms with Gasteiger partial charge in [-0.3, -0.25) is 0 Å². The second kappa shape index (κ2) is 7.93. The van der Waals surface area contributed by atoms with Crippen LogP contribution in [0, 0.1) is 0 Å². The third-order valence-corrected chi connectivity index (χ3v) is 4.15. The molecule has 1 atom stereocenters. The summed E-state index contributed by atoms with van der Waals surface area (Å²) in [4.78, 5) is 9.23. The van der Waals surface area contributed by atoms with Crippen molar-refractivity contribution < 1.29 is 17.9 Å². The monoisotopic (exact) mass is 367 g/mol. The number of halogens is 3. The molecule has 0 saturated carbocycles. The Labute approximate surface area is 152 Å². The molecule has 2 aromatic rings. The first-order chi connectivity index (χ1) is 12.1. The van der Waals surface area contributed by atoms with Crippen molar-refractivity contribution in [2.24, 2.45) is 0 Å². The van der Waals surface area contributed by atoms with Gasteiger partial charge in [-0.25, -0.2) is 4.98 Å². The lowest BCUT2D eigenvalue weighted by atomic mass is 9.96. The fraction of sp³-hybridized carbons (Fsp3) is 0.474. The van der Waals surface area contributed by atoms with Crippen molar-refractivity contribution in [3.8, 4) is 6.01 Å². The number of nitrogens with zero attached hydrogens (tertiary/aromatic N) is 3. The second-order valence-corrected chi connectivity index (χ2v) is 6.48. The molecule has 0 spiro atoms. The van der Waals surface area contributed by atoms with Crippen LogP contribution in [0.15, 0.2) is 30.5 Å². The van der Waals surface area contributed by atoms with E-state index in [2.05, 4.69) is 9.97 Å². The number of hydrogen-bond acceptors (Lipinski definition) is 4. The minimum Gasteiger partial charge on any atom is -0.461 e. The van der Waals surface area contributed by atoms with Gasteiger partial charge in [-0.1, -0.05) is 32.0 Å². The van der Waals surface area contributed by atoms with E-state index in [9.17, 15) is 13.2 Å². The van der Waals surface area contributed by atoms with E-state index in [0.29, 0.717) is 5.69 Å². The zero-order valence-corrected chi connectivity index (χ0v) is 15.6. The van der Waals surface area contributed by atoms with E-state index in [0.717, 1.165) is 18.2 Å². The summed E-state index contributed by atoms with van der Waals surface area (Å²) in [5, 5.41) is 0. The topological polar surface area (TPSA) is 38.2 Å². The van der Waals surface area contributed by atoms with E-state index in [4.69, 9.17) is 4.74 Å². The van der Waals surface area contributed by atoms with Gasteiger partial charge < -0.3 is 9.64 Å². The van der Waals surface area contributed by atoms with E-state index in [-0.39, 0.29) is 23.9 Å². The van der Waals surface area contributed by atoms with Gasteiger partial charge in [0.2, 0.25) is 0 Å². The molecule has 0 aliphatic carbocycles. The van der Waals surface area contributed by atoms with Crippen molar-refractivity contribution in [3.05, 3.63) is 41.6 Å². The summed E-state index contributed by atoms with van der Waals surface area (Å²) in [5.74, 6) is -0.0184. The van der Waals surface area contributed by atoms with Crippen molar-refractivity contribution in [1.82, 2.24) is 9.97 Å². The third-order valence-electron chi connectivity index (χ3n) is 4.15. The van der Waals surface area contributed by atoms with Crippen LogP contribution in [0.3, 0.4) is 0 Å². The summed E-state index contributed by atoms with van der Waals surface area (Å²) >= 11 is 0. The highest BCUT2D eigenvalue weighted by Crippen LogP contribution is 2.39. The molecule has 0 radical (unpaired) electrons. The lowest BCUT2D eigenvalue weighted by molar-refractivity contribution is -0.137. The summed E-state index contributed by atoms with van der Waals surface area (Å²) in [6.45, 7) is 7.62. The fourth-order valence-corrected chi connectivity index (χ4v) is 2.62. The Kier molecular flexibility index (Phi) is 6.10. The summed E-state index contributed by atoms with van der Waals surface area (Å²) in [6, 6.07) is 7.34. The van der Waals surface area contributed by atoms with Gasteiger partial charge in [-0.2, -0.15) is 18.2 Å². The SMILES string of the molecule is CCC(C)c1ccccc1N(C)c1nc(OC(C)C)ncc1C(F)(F)F. The van der Waals surface area contributed by atoms with E-state index in [1.807, 2.05) is 26.0 Å². The molecular weight excluding hydrogens is 343 g/mol. The Morgan fingerprint density at radius 2 is 1.81 bits per heavy atom. The standard InChI is InChI=1S/C19H24F3N3O/c1-6-13(4)14-9-7-8-10-16(14)25(5)17-15(19(20,21)22)11-23-18(24-17)26-12(2)3/h7-13H,6H2,1-5H3. The van der Waals surface area contributed by atoms with Crippen LogP contribution in [0.2, 0.25) is 0 Å². The molecule has 2 rings (SSSR count). The van der Waals surface area contributed by atoms with Crippen LogP contribution < -0.4 is 9.64 Å². The number of rotatable bonds is 6. The zero-order chi connectivity index (χ0) is 19.5. The first kappa shape index (κ1) is 20.0. The predicted octanol–water partition coefficient (Wildman–Crippen LogP) is 5.56. The molecule has 0 saturated heterocycles. The van der Waals surface area contributed by atoms with E-state index >= 15 is 0 Å². The number of ether oxygens (including phenoxy) is 1. The molecule has 0 bridgehead atoms. The van der Waals surface area contributed by atoms with Crippen molar-refractivity contribution in [1.29, 1.82) is 0 Å². The van der Waals surface area contributed by atoms with E-state index in [1.54, 1.807) is 33.0 Å². The zero-order valence-electron chi connectivity index (χ0n) is 15.6. The van der Waals surface area contributed by atoms with Crippen LogP contribution in [0.25, 0.3) is 0 Å². The van der Waals surface area contributed by atoms with Crippen LogP contribution in [0.1, 0.15) is 51.2 Å². The number of benzene rings is 1. The Hall–Kier alpha value is -2.31. The molecular formula is C19H24F3N3O. The summed E-state index contributed by atoms with van der Waals surface area (Å²) in [6.07, 6.45) is -3.15. The highest BCUT2D eigenvalue weighted by Gasteiger charge is 2.37. The largest absolute Gasteiger partial charge is 0.461 e. The molecule has 0 amide bonds. The highest BCUT2D eigenvalue weighted by molar-refractivity contribution is 5.66. The number of alkyl halides is 3. The first-order valence-corrected chi connectivity index (χ1v) is 8.58. The molecule has 0 N–H and O–H groups in total. The number of hydrogen-bond donors (Lipinski definition) is 0. The van der Waals surface area contributed by atoms with Crippen molar-refractivity contribution in [2.45, 2.75) is 52.3 Å². The molecule has 0 fully saturated rings. The number of anilines is 2. The molecule has 26 heavy (non-hydrogen) atoms. The van der Waals surface area contributed by atoms with Gasteiger partial charge in [-0.15, -0.1) is 0 Å². The Balaban J connectivity index is 2.58. The van der Waals surface area contributed by atoms with Crippen LogP contribution in [-0.4, -0.2) is 23.1 Å². The molecule has 142 valence electrons. The first-order valence-electron chi connectivity index (χ1n) is 8.58. The minimum absolute atomic E-state index is 0.0733. The highest BCUT2D eigenvalue weighted by atomic mass is 19.4. The molecule has 1 unspecified atom stereocenters. The maximum atomic E-state index is 13.5. The maximum absolute atomic E-state index is 13.5. The molecule has 1 heterocycles. The third kappa shape index (κ3) is 4.45. The van der Waals surface area contributed by atoms with Crippen molar-refractivity contribution in [3.63, 3.8) is 0 Å². The Morgan fingerprint density at radius 3 is 2.38 bits per heavy atom. The van der Waals surface area contributed by atoms with Gasteiger partial charge in [0.25, 0.3) is 0 Å². The van der Waals surface area contributed by atoms with Gasteiger partial charge in [0.05, 0.1) is 6.10 Å². The van der Waals surface area contributed by atoms with Gasteiger partial charge in [0, 0.05) is 18.9 Å². The van der Waals surface area contributed by atoms with Gasteiger partial charge in [0.15, 0.2) is 5.82 Å². The normalized spacial score (nSPS) is 13.0. The van der Waals surface area contributed by atoms with Gasteiger partial charge in [-0.05, 0) is 37.8 Å². The second-order valence-electron chi connectivity index (χ2n) is 6.48. The van der Waals surface area contributed by atoms with Crippen LogP contribution in [-0.2, 0) is 6.18 Å². The molecule has 1 aromatic carbocycles. The minimum atomic E-state index is -4.56. The molecule has 4 nitrogen and oxygen atoms in total. The van der Waals surface area contributed by atoms with Crippen molar-refractivity contribution in [2.75, 3.05) is 11.9 Å². The van der Waals surface area contributed by atoms with Crippen LogP contribution in [0.4, 0.5) is 24.7 Å². The van der Waals surface area contributed by atoms with E-state index in [1.165, 1.54) is 4.90 Å². The van der Waals surface area contributed by atoms with Crippen molar-refractivity contribution >= 4 is 11.5 Å². The fourth-order valence-electron chi connectivity index (χ4n) is 2.62. The van der Waals surface area contributed by atoms with E-state index < -0.39 is 11.7 Å². The van der Waals surface area contributed by atoms with Gasteiger partial charge in [0.1, 0.15) is 5.56 Å². The summed E-state index contributed by atoms with van der Waals surface area (Å²) < 4.78 is 45.9. The maximum Gasteiger partial charge on any atom is 0.421 e. The summed E-state index contributed by atoms with van der Waals surface area (Å²) in [5.41, 5.74) is 0.757. The molecule has 7 heteroatoms. The van der Waals surface area contributed by atoms with Crippen LogP contribution in [0.5, 0.6) is 6.01 Å². The number of aromatic nitrogens is 2. The Morgan fingerprint density at radius 1 is 1.15 bits per heavy atom. The number of para-hydroxylation sites is 1. The quantitative estimate of drug-likeness (QED) is 0.670. The summed E-state index contributed by atoms with van der Waals surface area (Å²) in [7, 11) is 1.58. The average Bonchev–Trinajstić information content (AvgIpc) is 2.58. The Bertz CT molecular complexity index is 747. The molecule has 0 aliphatic heterocycles.